The van der Waals surface area contributed by atoms with Crippen LogP contribution >= 0.6 is 0 Å². The fourth-order valence-electron chi connectivity index (χ4n) is 2.62. The van der Waals surface area contributed by atoms with E-state index in [0.717, 1.165) is 25.1 Å². The van der Waals surface area contributed by atoms with Gasteiger partial charge >= 0.3 is 5.97 Å². The Kier molecular flexibility index (Phi) is 4.47. The lowest BCUT2D eigenvalue weighted by atomic mass is 10.0. The summed E-state index contributed by atoms with van der Waals surface area (Å²) in [4.78, 5) is 11.0. The van der Waals surface area contributed by atoms with Crippen LogP contribution in [-0.4, -0.2) is 44.0 Å². The van der Waals surface area contributed by atoms with Crippen molar-refractivity contribution in [1.29, 1.82) is 0 Å². The van der Waals surface area contributed by atoms with Gasteiger partial charge in [0.25, 0.3) is 0 Å². The maximum Gasteiger partial charge on any atom is 0.305 e. The molecule has 1 aliphatic rings. The topological polar surface area (TPSA) is 90.1 Å². The van der Waals surface area contributed by atoms with Crippen LogP contribution in [0.2, 0.25) is 0 Å². The monoisotopic (exact) mass is 268 g/mol. The lowest BCUT2D eigenvalue weighted by Crippen LogP contribution is -2.22. The summed E-state index contributed by atoms with van der Waals surface area (Å²) < 4.78 is 7.23. The zero-order chi connectivity index (χ0) is 13.8. The highest BCUT2D eigenvalue weighted by Gasteiger charge is 2.32. The molecule has 2 rings (SSSR count). The van der Waals surface area contributed by atoms with Crippen molar-refractivity contribution in [3.05, 3.63) is 5.82 Å². The van der Waals surface area contributed by atoms with Crippen LogP contribution in [0.25, 0.3) is 0 Å². The molecule has 1 aliphatic heterocycles. The number of aliphatic carboxylic acids is 1. The SMILES string of the molecule is CCCC(CC(=O)O)n1nnnc1C1CCOC1C. The molecule has 19 heavy (non-hydrogen) atoms. The average molecular weight is 268 g/mol. The molecule has 1 fully saturated rings. The Balaban J connectivity index is 2.22. The number of carbonyl (C=O) groups is 1. The van der Waals surface area contributed by atoms with Gasteiger partial charge in [-0.15, -0.1) is 5.10 Å². The number of hydrogen-bond acceptors (Lipinski definition) is 5. The first-order valence-electron chi connectivity index (χ1n) is 6.74. The first-order chi connectivity index (χ1) is 9.13. The lowest BCUT2D eigenvalue weighted by molar-refractivity contribution is -0.138. The predicted molar refractivity (Wildman–Crippen MR) is 66.8 cm³/mol. The maximum absolute atomic E-state index is 11.0. The average Bonchev–Trinajstić information content (AvgIpc) is 2.95. The van der Waals surface area contributed by atoms with E-state index in [9.17, 15) is 4.79 Å². The van der Waals surface area contributed by atoms with E-state index < -0.39 is 5.97 Å². The third-order valence-electron chi connectivity index (χ3n) is 3.60. The van der Waals surface area contributed by atoms with Crippen LogP contribution < -0.4 is 0 Å². The number of carboxylic acids is 1. The summed E-state index contributed by atoms with van der Waals surface area (Å²) in [5.41, 5.74) is 0. The van der Waals surface area contributed by atoms with E-state index in [1.165, 1.54) is 0 Å². The zero-order valence-electron chi connectivity index (χ0n) is 11.3. The summed E-state index contributed by atoms with van der Waals surface area (Å²) in [6, 6.07) is -0.180. The Morgan fingerprint density at radius 2 is 2.42 bits per heavy atom. The molecule has 7 nitrogen and oxygen atoms in total. The first-order valence-corrected chi connectivity index (χ1v) is 6.74. The van der Waals surface area contributed by atoms with E-state index in [2.05, 4.69) is 15.5 Å². The molecule has 3 atom stereocenters. The van der Waals surface area contributed by atoms with Gasteiger partial charge in [0, 0.05) is 12.5 Å². The predicted octanol–water partition coefficient (Wildman–Crippen LogP) is 1.38. The molecule has 1 aromatic heterocycles. The third-order valence-corrected chi connectivity index (χ3v) is 3.60. The van der Waals surface area contributed by atoms with E-state index in [4.69, 9.17) is 9.84 Å². The summed E-state index contributed by atoms with van der Waals surface area (Å²) in [5, 5.41) is 20.8. The van der Waals surface area contributed by atoms with Crippen LogP contribution in [0.1, 0.15) is 57.3 Å². The first kappa shape index (κ1) is 13.9. The van der Waals surface area contributed by atoms with Gasteiger partial charge in [-0.1, -0.05) is 13.3 Å². The van der Waals surface area contributed by atoms with Gasteiger partial charge in [0.15, 0.2) is 5.82 Å². The Labute approximate surface area is 111 Å². The summed E-state index contributed by atoms with van der Waals surface area (Å²) in [6.45, 7) is 4.74. The number of nitrogens with zero attached hydrogens (tertiary/aromatic N) is 4. The highest BCUT2D eigenvalue weighted by atomic mass is 16.5. The van der Waals surface area contributed by atoms with Gasteiger partial charge in [0.2, 0.25) is 0 Å². The van der Waals surface area contributed by atoms with E-state index in [-0.39, 0.29) is 24.5 Å². The van der Waals surface area contributed by atoms with Crippen LogP contribution in [0.15, 0.2) is 0 Å². The minimum Gasteiger partial charge on any atom is -0.481 e. The van der Waals surface area contributed by atoms with Crippen molar-refractivity contribution in [1.82, 2.24) is 20.2 Å². The molecule has 0 saturated carbocycles. The van der Waals surface area contributed by atoms with Crippen LogP contribution in [0, 0.1) is 0 Å². The normalized spacial score (nSPS) is 24.5. The summed E-state index contributed by atoms with van der Waals surface area (Å²) in [7, 11) is 0. The van der Waals surface area contributed by atoms with Crippen molar-refractivity contribution in [3.8, 4) is 0 Å². The highest BCUT2D eigenvalue weighted by Crippen LogP contribution is 2.31. The number of carboxylic acid groups (broad SMARTS) is 1. The molecule has 1 saturated heterocycles. The zero-order valence-corrected chi connectivity index (χ0v) is 11.3. The Morgan fingerprint density at radius 3 is 3.00 bits per heavy atom. The molecule has 0 amide bonds. The van der Waals surface area contributed by atoms with Crippen molar-refractivity contribution in [2.45, 2.75) is 57.6 Å². The van der Waals surface area contributed by atoms with Crippen molar-refractivity contribution in [3.63, 3.8) is 0 Å². The van der Waals surface area contributed by atoms with Gasteiger partial charge in [0.1, 0.15) is 0 Å². The van der Waals surface area contributed by atoms with E-state index in [0.29, 0.717) is 6.61 Å². The fourth-order valence-corrected chi connectivity index (χ4v) is 2.62. The highest BCUT2D eigenvalue weighted by molar-refractivity contribution is 5.67. The van der Waals surface area contributed by atoms with Gasteiger partial charge in [0.05, 0.1) is 18.6 Å². The molecule has 1 aromatic rings. The molecule has 0 aromatic carbocycles. The molecule has 0 radical (unpaired) electrons. The maximum atomic E-state index is 11.0. The van der Waals surface area contributed by atoms with E-state index in [1.54, 1.807) is 4.68 Å². The standard InChI is InChI=1S/C12H20N4O3/c1-3-4-9(7-11(17)18)16-12(13-14-15-16)10-5-6-19-8(10)2/h8-10H,3-7H2,1-2H3,(H,17,18). The van der Waals surface area contributed by atoms with Crippen molar-refractivity contribution >= 4 is 5.97 Å². The smallest absolute Gasteiger partial charge is 0.305 e. The van der Waals surface area contributed by atoms with Gasteiger partial charge in [-0.05, 0) is 30.2 Å². The Hall–Kier alpha value is -1.50. The number of aromatic nitrogens is 4. The van der Waals surface area contributed by atoms with Crippen LogP contribution in [-0.2, 0) is 9.53 Å². The van der Waals surface area contributed by atoms with Crippen molar-refractivity contribution < 1.29 is 14.6 Å². The largest absolute Gasteiger partial charge is 0.481 e. The molecule has 0 bridgehead atoms. The second-order valence-electron chi connectivity index (χ2n) is 4.99. The lowest BCUT2D eigenvalue weighted by Gasteiger charge is -2.19. The quantitative estimate of drug-likeness (QED) is 0.838. The number of hydrogen-bond donors (Lipinski definition) is 1. The molecule has 2 heterocycles. The number of ether oxygens (including phenoxy) is 1. The number of tetrazole rings is 1. The van der Waals surface area contributed by atoms with Crippen LogP contribution in [0.3, 0.4) is 0 Å². The molecule has 106 valence electrons. The molecule has 3 unspecified atom stereocenters. The Bertz CT molecular complexity index is 434. The van der Waals surface area contributed by atoms with Crippen molar-refractivity contribution in [2.24, 2.45) is 0 Å². The molecule has 7 heteroatoms. The van der Waals surface area contributed by atoms with Gasteiger partial charge in [-0.3, -0.25) is 4.79 Å². The second kappa shape index (κ2) is 6.10. The van der Waals surface area contributed by atoms with Crippen molar-refractivity contribution in [2.75, 3.05) is 6.61 Å². The molecule has 0 spiro atoms. The van der Waals surface area contributed by atoms with Crippen LogP contribution in [0.4, 0.5) is 0 Å². The Morgan fingerprint density at radius 1 is 1.63 bits per heavy atom. The summed E-state index contributed by atoms with van der Waals surface area (Å²) in [5.74, 6) is 0.0865. The number of rotatable bonds is 6. The second-order valence-corrected chi connectivity index (χ2v) is 4.99. The van der Waals surface area contributed by atoms with Gasteiger partial charge in [-0.25, -0.2) is 4.68 Å². The molecular formula is C12H20N4O3. The molecule has 0 aliphatic carbocycles. The van der Waals surface area contributed by atoms with Crippen LogP contribution in [0.5, 0.6) is 0 Å². The van der Waals surface area contributed by atoms with E-state index >= 15 is 0 Å². The molecular weight excluding hydrogens is 248 g/mol. The van der Waals surface area contributed by atoms with Gasteiger partial charge in [-0.2, -0.15) is 0 Å². The summed E-state index contributed by atoms with van der Waals surface area (Å²) >= 11 is 0. The summed E-state index contributed by atoms with van der Waals surface area (Å²) in [6.07, 6.45) is 2.67. The minimum atomic E-state index is -0.823. The fraction of sp³-hybridized carbons (Fsp3) is 0.833. The van der Waals surface area contributed by atoms with Gasteiger partial charge < -0.3 is 9.84 Å². The van der Waals surface area contributed by atoms with E-state index in [1.807, 2.05) is 13.8 Å². The minimum absolute atomic E-state index is 0.0494. The molecule has 1 N–H and O–H groups in total. The third kappa shape index (κ3) is 3.09.